The van der Waals surface area contributed by atoms with Crippen LogP contribution in [0.15, 0.2) is 53.2 Å². The molecule has 6 heteroatoms. The van der Waals surface area contributed by atoms with Gasteiger partial charge in [0.1, 0.15) is 0 Å². The SMILES string of the molecule is C=C1C(C)=Cc2cc(Cl)ccc2C(C2CCN(S(C)(=O)=O)CC2)C1=N/C=C\C. The highest BCUT2D eigenvalue weighted by molar-refractivity contribution is 7.88. The first kappa shape index (κ1) is 21.0. The third kappa shape index (κ3) is 4.32. The van der Waals surface area contributed by atoms with Gasteiger partial charge in [0.25, 0.3) is 0 Å². The fourth-order valence-electron chi connectivity index (χ4n) is 4.14. The maximum atomic E-state index is 11.9. The Hall–Kier alpha value is -1.69. The van der Waals surface area contributed by atoms with Crippen LogP contribution in [0.5, 0.6) is 0 Å². The van der Waals surface area contributed by atoms with E-state index >= 15 is 0 Å². The van der Waals surface area contributed by atoms with Crippen LogP contribution >= 0.6 is 11.6 Å². The van der Waals surface area contributed by atoms with E-state index in [0.717, 1.165) is 35.3 Å². The molecular formula is C22H27ClN2O2S. The Labute approximate surface area is 173 Å². The second-order valence-electron chi connectivity index (χ2n) is 7.55. The van der Waals surface area contributed by atoms with Crippen molar-refractivity contribution in [3.8, 4) is 0 Å². The molecule has 1 aromatic rings. The molecule has 1 unspecified atom stereocenters. The van der Waals surface area contributed by atoms with Gasteiger partial charge >= 0.3 is 0 Å². The van der Waals surface area contributed by atoms with Crippen LogP contribution in [-0.4, -0.2) is 37.8 Å². The van der Waals surface area contributed by atoms with Gasteiger partial charge in [-0.15, -0.1) is 0 Å². The molecule has 0 bridgehead atoms. The summed E-state index contributed by atoms with van der Waals surface area (Å²) in [5.41, 5.74) is 5.24. The van der Waals surface area contributed by atoms with Crippen LogP contribution < -0.4 is 0 Å². The highest BCUT2D eigenvalue weighted by Crippen LogP contribution is 2.42. The van der Waals surface area contributed by atoms with E-state index in [1.54, 1.807) is 4.31 Å². The van der Waals surface area contributed by atoms with E-state index < -0.39 is 10.0 Å². The molecule has 0 radical (unpaired) electrons. The molecule has 1 fully saturated rings. The van der Waals surface area contributed by atoms with Gasteiger partial charge in [-0.25, -0.2) is 12.7 Å². The molecule has 1 saturated heterocycles. The van der Waals surface area contributed by atoms with Crippen molar-refractivity contribution in [2.24, 2.45) is 10.9 Å². The third-order valence-electron chi connectivity index (χ3n) is 5.64. The Bertz CT molecular complexity index is 968. The molecule has 0 amide bonds. The first-order chi connectivity index (χ1) is 13.2. The number of halogens is 1. The van der Waals surface area contributed by atoms with Crippen LogP contribution in [0, 0.1) is 5.92 Å². The summed E-state index contributed by atoms with van der Waals surface area (Å²) in [6.45, 7) is 9.40. The number of benzene rings is 1. The number of allylic oxidation sites excluding steroid dienone is 3. The van der Waals surface area contributed by atoms with Gasteiger partial charge in [0.2, 0.25) is 10.0 Å². The molecule has 4 nitrogen and oxygen atoms in total. The Balaban J connectivity index is 2.07. The molecule has 0 aromatic heterocycles. The van der Waals surface area contributed by atoms with Gasteiger partial charge in [-0.2, -0.15) is 0 Å². The first-order valence-corrected chi connectivity index (χ1v) is 11.8. The number of rotatable bonds is 3. The summed E-state index contributed by atoms with van der Waals surface area (Å²) in [4.78, 5) is 4.77. The van der Waals surface area contributed by atoms with Crippen molar-refractivity contribution in [3.05, 3.63) is 64.3 Å². The van der Waals surface area contributed by atoms with Gasteiger partial charge in [0.15, 0.2) is 0 Å². The number of fused-ring (bicyclic) bond motifs is 1. The molecular weight excluding hydrogens is 392 g/mol. The predicted octanol–water partition coefficient (Wildman–Crippen LogP) is 5.04. The van der Waals surface area contributed by atoms with Crippen molar-refractivity contribution >= 4 is 33.4 Å². The maximum absolute atomic E-state index is 11.9. The number of hydrogen-bond donors (Lipinski definition) is 0. The molecule has 150 valence electrons. The van der Waals surface area contributed by atoms with Gasteiger partial charge in [-0.3, -0.25) is 4.99 Å². The van der Waals surface area contributed by atoms with Crippen LogP contribution in [0.25, 0.3) is 6.08 Å². The molecule has 2 aliphatic rings. The van der Waals surface area contributed by atoms with Gasteiger partial charge < -0.3 is 0 Å². The summed E-state index contributed by atoms with van der Waals surface area (Å²) in [5.74, 6) is 0.351. The average molecular weight is 419 g/mol. The number of hydrogen-bond acceptors (Lipinski definition) is 3. The Morgan fingerprint density at radius 3 is 2.57 bits per heavy atom. The minimum Gasteiger partial charge on any atom is -0.260 e. The zero-order valence-corrected chi connectivity index (χ0v) is 18.2. The second kappa shape index (κ2) is 8.36. The molecule has 3 rings (SSSR count). The van der Waals surface area contributed by atoms with Gasteiger partial charge in [0.05, 0.1) is 12.0 Å². The van der Waals surface area contributed by atoms with E-state index in [1.165, 1.54) is 11.8 Å². The van der Waals surface area contributed by atoms with Gasteiger partial charge in [0, 0.05) is 30.2 Å². The second-order valence-corrected chi connectivity index (χ2v) is 9.97. The summed E-state index contributed by atoms with van der Waals surface area (Å²) in [5, 5.41) is 0.702. The quantitative estimate of drug-likeness (QED) is 0.690. The zero-order valence-electron chi connectivity index (χ0n) is 16.7. The lowest BCUT2D eigenvalue weighted by molar-refractivity contribution is 0.265. The van der Waals surface area contributed by atoms with Crippen LogP contribution in [0.2, 0.25) is 5.02 Å². The Kier molecular flexibility index (Phi) is 6.28. The van der Waals surface area contributed by atoms with E-state index in [9.17, 15) is 8.42 Å². The molecule has 0 saturated carbocycles. The molecule has 1 aliphatic carbocycles. The lowest BCUT2D eigenvalue weighted by Crippen LogP contribution is -2.40. The monoisotopic (exact) mass is 418 g/mol. The van der Waals surface area contributed by atoms with Crippen LogP contribution in [0.4, 0.5) is 0 Å². The summed E-state index contributed by atoms with van der Waals surface area (Å²) >= 11 is 6.27. The van der Waals surface area contributed by atoms with Crippen molar-refractivity contribution in [1.29, 1.82) is 0 Å². The zero-order chi connectivity index (χ0) is 20.5. The molecule has 0 spiro atoms. The normalized spacial score (nSPS) is 23.7. The molecule has 28 heavy (non-hydrogen) atoms. The fraction of sp³-hybridized carbons (Fsp3) is 0.409. The first-order valence-electron chi connectivity index (χ1n) is 9.53. The van der Waals surface area contributed by atoms with Crippen molar-refractivity contribution in [1.82, 2.24) is 4.31 Å². The van der Waals surface area contributed by atoms with Crippen molar-refractivity contribution < 1.29 is 8.42 Å². The number of aliphatic imine (C=N–C) groups is 1. The minimum absolute atomic E-state index is 0.0615. The van der Waals surface area contributed by atoms with E-state index in [2.05, 4.69) is 18.7 Å². The molecule has 0 N–H and O–H groups in total. The van der Waals surface area contributed by atoms with E-state index in [-0.39, 0.29) is 11.8 Å². The molecule has 1 heterocycles. The van der Waals surface area contributed by atoms with Gasteiger partial charge in [-0.1, -0.05) is 36.4 Å². The van der Waals surface area contributed by atoms with Crippen molar-refractivity contribution in [3.63, 3.8) is 0 Å². The van der Waals surface area contributed by atoms with E-state index in [1.807, 2.05) is 38.3 Å². The maximum Gasteiger partial charge on any atom is 0.211 e. The molecule has 1 aliphatic heterocycles. The predicted molar refractivity (Wildman–Crippen MR) is 118 cm³/mol. The lowest BCUT2D eigenvalue weighted by atomic mass is 9.75. The van der Waals surface area contributed by atoms with Crippen LogP contribution in [0.3, 0.4) is 0 Å². The smallest absolute Gasteiger partial charge is 0.211 e. The van der Waals surface area contributed by atoms with Crippen molar-refractivity contribution in [2.45, 2.75) is 32.6 Å². The molecule has 1 aromatic carbocycles. The van der Waals surface area contributed by atoms with Crippen LogP contribution in [-0.2, 0) is 10.0 Å². The fourth-order valence-corrected chi connectivity index (χ4v) is 5.20. The Morgan fingerprint density at radius 1 is 1.29 bits per heavy atom. The Morgan fingerprint density at radius 2 is 1.96 bits per heavy atom. The van der Waals surface area contributed by atoms with Gasteiger partial charge in [-0.05, 0) is 67.0 Å². The highest BCUT2D eigenvalue weighted by Gasteiger charge is 2.36. The minimum atomic E-state index is -3.15. The summed E-state index contributed by atoms with van der Waals surface area (Å²) in [7, 11) is -3.15. The third-order valence-corrected chi connectivity index (χ3v) is 7.18. The van der Waals surface area contributed by atoms with E-state index in [0.29, 0.717) is 18.1 Å². The standard InChI is InChI=1S/C22H27ClN2O2S/c1-5-10-24-22-16(3)15(2)13-18-14-19(23)6-7-20(18)21(22)17-8-11-25(12-9-17)28(4,26)27/h5-7,10,13-14,17,21H,3,8-9,11-12H2,1-2,4H3/b10-5-,24-22?. The summed E-state index contributed by atoms with van der Waals surface area (Å²) < 4.78 is 25.4. The number of nitrogens with zero attached hydrogens (tertiary/aromatic N) is 2. The largest absolute Gasteiger partial charge is 0.260 e. The van der Waals surface area contributed by atoms with E-state index in [4.69, 9.17) is 16.6 Å². The van der Waals surface area contributed by atoms with Crippen molar-refractivity contribution in [2.75, 3.05) is 19.3 Å². The lowest BCUT2D eigenvalue weighted by Gasteiger charge is -2.36. The summed E-state index contributed by atoms with van der Waals surface area (Å²) in [6, 6.07) is 5.99. The molecule has 1 atom stereocenters. The highest BCUT2D eigenvalue weighted by atomic mass is 35.5. The summed E-state index contributed by atoms with van der Waals surface area (Å²) in [6.07, 6.45) is 8.72. The number of piperidine rings is 1. The van der Waals surface area contributed by atoms with Crippen LogP contribution in [0.1, 0.15) is 43.7 Å². The average Bonchev–Trinajstić information content (AvgIpc) is 2.74. The number of sulfonamides is 1. The topological polar surface area (TPSA) is 49.7 Å².